The Morgan fingerprint density at radius 2 is 1.70 bits per heavy atom. The molecule has 0 bridgehead atoms. The third-order valence-corrected chi connectivity index (χ3v) is 4.30. The molecule has 0 spiro atoms. The minimum atomic E-state index is -0.00956. The molecule has 0 saturated carbocycles. The molecule has 0 heterocycles. The molecular formula is C18H20Cl2. The van der Waals surface area contributed by atoms with E-state index in [1.54, 1.807) is 0 Å². The van der Waals surface area contributed by atoms with Gasteiger partial charge < -0.3 is 0 Å². The lowest BCUT2D eigenvalue weighted by molar-refractivity contribution is 0.909. The number of halogens is 2. The Morgan fingerprint density at radius 3 is 2.35 bits per heavy atom. The molecule has 0 radical (unpaired) electrons. The van der Waals surface area contributed by atoms with Crippen molar-refractivity contribution in [1.82, 2.24) is 0 Å². The van der Waals surface area contributed by atoms with Crippen molar-refractivity contribution in [3.63, 3.8) is 0 Å². The van der Waals surface area contributed by atoms with E-state index < -0.39 is 0 Å². The van der Waals surface area contributed by atoms with E-state index in [-0.39, 0.29) is 5.38 Å². The van der Waals surface area contributed by atoms with E-state index in [0.29, 0.717) is 0 Å². The van der Waals surface area contributed by atoms with Gasteiger partial charge in [0.1, 0.15) is 0 Å². The van der Waals surface area contributed by atoms with Gasteiger partial charge in [-0.25, -0.2) is 0 Å². The Labute approximate surface area is 131 Å². The van der Waals surface area contributed by atoms with Crippen LogP contribution in [-0.2, 0) is 19.3 Å². The van der Waals surface area contributed by atoms with Crippen molar-refractivity contribution in [3.8, 4) is 0 Å². The summed E-state index contributed by atoms with van der Waals surface area (Å²) >= 11 is 12.6. The first-order chi connectivity index (χ1) is 9.63. The molecule has 0 N–H and O–H groups in total. The highest BCUT2D eigenvalue weighted by molar-refractivity contribution is 6.30. The molecule has 0 nitrogen and oxygen atoms in total. The molecule has 0 aliphatic heterocycles. The van der Waals surface area contributed by atoms with Crippen LogP contribution >= 0.6 is 23.2 Å². The zero-order valence-corrected chi connectivity index (χ0v) is 13.5. The third kappa shape index (κ3) is 3.77. The SMILES string of the molecule is CCc1ccc(C(Cl)Cc2cccc(Cl)c2)cc1CC. The van der Waals surface area contributed by atoms with Crippen molar-refractivity contribution in [1.29, 1.82) is 0 Å². The third-order valence-electron chi connectivity index (χ3n) is 3.66. The van der Waals surface area contributed by atoms with E-state index in [0.717, 1.165) is 24.3 Å². The van der Waals surface area contributed by atoms with Crippen molar-refractivity contribution < 1.29 is 0 Å². The molecule has 2 aromatic rings. The lowest BCUT2D eigenvalue weighted by Crippen LogP contribution is -1.99. The van der Waals surface area contributed by atoms with Gasteiger partial charge in [0.2, 0.25) is 0 Å². The molecule has 2 aromatic carbocycles. The van der Waals surface area contributed by atoms with Gasteiger partial charge in [0.05, 0.1) is 5.38 Å². The minimum Gasteiger partial charge on any atom is -0.117 e. The first-order valence-electron chi connectivity index (χ1n) is 7.14. The van der Waals surface area contributed by atoms with Gasteiger partial charge in [-0.1, -0.05) is 55.8 Å². The zero-order chi connectivity index (χ0) is 14.5. The van der Waals surface area contributed by atoms with Crippen LogP contribution in [0.3, 0.4) is 0 Å². The Morgan fingerprint density at radius 1 is 0.950 bits per heavy atom. The van der Waals surface area contributed by atoms with Crippen LogP contribution in [0.15, 0.2) is 42.5 Å². The van der Waals surface area contributed by atoms with Crippen LogP contribution in [-0.4, -0.2) is 0 Å². The van der Waals surface area contributed by atoms with Gasteiger partial charge in [0.25, 0.3) is 0 Å². The van der Waals surface area contributed by atoms with Crippen LogP contribution in [0.2, 0.25) is 5.02 Å². The maximum atomic E-state index is 6.57. The molecule has 0 saturated heterocycles. The second-order valence-corrected chi connectivity index (χ2v) is 6.00. The highest BCUT2D eigenvalue weighted by atomic mass is 35.5. The number of aryl methyl sites for hydroxylation is 2. The summed E-state index contributed by atoms with van der Waals surface area (Å²) in [5, 5.41) is 0.756. The van der Waals surface area contributed by atoms with Crippen molar-refractivity contribution >= 4 is 23.2 Å². The molecule has 2 rings (SSSR count). The summed E-state index contributed by atoms with van der Waals surface area (Å²) < 4.78 is 0. The second-order valence-electron chi connectivity index (χ2n) is 5.04. The van der Waals surface area contributed by atoms with E-state index in [1.165, 1.54) is 22.3 Å². The summed E-state index contributed by atoms with van der Waals surface area (Å²) in [5.74, 6) is 0. The fourth-order valence-electron chi connectivity index (χ4n) is 2.50. The standard InChI is InChI=1S/C18H20Cl2/c1-3-14-8-9-16(12-15(14)4-2)18(20)11-13-6-5-7-17(19)10-13/h5-10,12,18H,3-4,11H2,1-2H3. The number of alkyl halides is 1. The zero-order valence-electron chi connectivity index (χ0n) is 12.0. The molecular weight excluding hydrogens is 287 g/mol. The van der Waals surface area contributed by atoms with Crippen LogP contribution in [0, 0.1) is 0 Å². The molecule has 0 aromatic heterocycles. The van der Waals surface area contributed by atoms with Crippen LogP contribution in [0.4, 0.5) is 0 Å². The average Bonchev–Trinajstić information content (AvgIpc) is 2.46. The maximum Gasteiger partial charge on any atom is 0.0625 e. The summed E-state index contributed by atoms with van der Waals surface area (Å²) in [4.78, 5) is 0. The van der Waals surface area contributed by atoms with E-state index >= 15 is 0 Å². The highest BCUT2D eigenvalue weighted by Gasteiger charge is 2.11. The fourth-order valence-corrected chi connectivity index (χ4v) is 3.03. The van der Waals surface area contributed by atoms with Gasteiger partial charge in [-0.2, -0.15) is 0 Å². The number of rotatable bonds is 5. The number of benzene rings is 2. The van der Waals surface area contributed by atoms with E-state index in [4.69, 9.17) is 23.2 Å². The summed E-state index contributed by atoms with van der Waals surface area (Å²) in [6.45, 7) is 4.39. The van der Waals surface area contributed by atoms with E-state index in [2.05, 4.69) is 38.1 Å². The maximum absolute atomic E-state index is 6.57. The summed E-state index contributed by atoms with van der Waals surface area (Å²) in [6.07, 6.45) is 2.93. The van der Waals surface area contributed by atoms with Gasteiger partial charge in [-0.05, 0) is 53.6 Å². The van der Waals surface area contributed by atoms with Gasteiger partial charge in [0, 0.05) is 5.02 Å². The molecule has 20 heavy (non-hydrogen) atoms. The van der Waals surface area contributed by atoms with Crippen LogP contribution < -0.4 is 0 Å². The Kier molecular flexibility index (Phi) is 5.51. The molecule has 0 amide bonds. The van der Waals surface area contributed by atoms with Crippen molar-refractivity contribution in [2.24, 2.45) is 0 Å². The lowest BCUT2D eigenvalue weighted by atomic mass is 9.96. The van der Waals surface area contributed by atoms with Crippen molar-refractivity contribution in [2.75, 3.05) is 0 Å². The highest BCUT2D eigenvalue weighted by Crippen LogP contribution is 2.28. The number of hydrogen-bond acceptors (Lipinski definition) is 0. The largest absolute Gasteiger partial charge is 0.117 e. The smallest absolute Gasteiger partial charge is 0.0625 e. The normalized spacial score (nSPS) is 12.4. The second kappa shape index (κ2) is 7.15. The summed E-state index contributed by atoms with van der Waals surface area (Å²) in [7, 11) is 0. The lowest BCUT2D eigenvalue weighted by Gasteiger charge is -2.14. The topological polar surface area (TPSA) is 0 Å². The Hall–Kier alpha value is -0.980. The van der Waals surface area contributed by atoms with Gasteiger partial charge in [0.15, 0.2) is 0 Å². The van der Waals surface area contributed by atoms with Gasteiger partial charge in [-0.3, -0.25) is 0 Å². The summed E-state index contributed by atoms with van der Waals surface area (Å²) in [6, 6.07) is 14.5. The van der Waals surface area contributed by atoms with Crippen molar-refractivity contribution in [2.45, 2.75) is 38.5 Å². The molecule has 0 aliphatic rings. The van der Waals surface area contributed by atoms with E-state index in [9.17, 15) is 0 Å². The minimum absolute atomic E-state index is 0.00956. The Balaban J connectivity index is 2.18. The first-order valence-corrected chi connectivity index (χ1v) is 7.95. The quantitative estimate of drug-likeness (QED) is 0.595. The number of hydrogen-bond donors (Lipinski definition) is 0. The van der Waals surface area contributed by atoms with Crippen molar-refractivity contribution in [3.05, 3.63) is 69.7 Å². The average molecular weight is 307 g/mol. The van der Waals surface area contributed by atoms with Gasteiger partial charge in [-0.15, -0.1) is 11.6 Å². The molecule has 1 atom stereocenters. The monoisotopic (exact) mass is 306 g/mol. The predicted octanol–water partition coefficient (Wildman–Crippen LogP) is 5.99. The van der Waals surface area contributed by atoms with Crippen LogP contribution in [0.25, 0.3) is 0 Å². The van der Waals surface area contributed by atoms with E-state index in [1.807, 2.05) is 18.2 Å². The first kappa shape index (κ1) is 15.4. The summed E-state index contributed by atoms with van der Waals surface area (Å²) in [5.41, 5.74) is 5.19. The Bertz CT molecular complexity index is 575. The van der Waals surface area contributed by atoms with Gasteiger partial charge >= 0.3 is 0 Å². The molecule has 106 valence electrons. The molecule has 0 fully saturated rings. The van der Waals surface area contributed by atoms with Crippen LogP contribution in [0.5, 0.6) is 0 Å². The predicted molar refractivity (Wildman–Crippen MR) is 88.9 cm³/mol. The molecule has 2 heteroatoms. The van der Waals surface area contributed by atoms with Crippen LogP contribution in [0.1, 0.15) is 41.5 Å². The molecule has 1 unspecified atom stereocenters. The molecule has 0 aliphatic carbocycles. The fraction of sp³-hybridized carbons (Fsp3) is 0.333.